The first-order valence-corrected chi connectivity index (χ1v) is 17.7. The molecule has 2 heterocycles. The van der Waals surface area contributed by atoms with Crippen LogP contribution in [0.2, 0.25) is 0 Å². The highest BCUT2D eigenvalue weighted by atomic mass is 16.7. The lowest BCUT2D eigenvalue weighted by Crippen LogP contribution is -2.59. The molecule has 2 aliphatic heterocycles. The highest BCUT2D eigenvalue weighted by Crippen LogP contribution is 2.48. The third-order valence-corrected chi connectivity index (χ3v) is 9.78. The van der Waals surface area contributed by atoms with Crippen molar-refractivity contribution in [3.63, 3.8) is 0 Å². The molecule has 15 heteroatoms. The Morgan fingerprint density at radius 2 is 1.72 bits per heavy atom. The van der Waals surface area contributed by atoms with Gasteiger partial charge < -0.3 is 56.2 Å². The van der Waals surface area contributed by atoms with E-state index in [2.05, 4.69) is 10.3 Å². The fourth-order valence-corrected chi connectivity index (χ4v) is 7.19. The number of ether oxygens (including phenoxy) is 4. The van der Waals surface area contributed by atoms with Gasteiger partial charge in [-0.15, -0.1) is 0 Å². The third-order valence-electron chi connectivity index (χ3n) is 9.78. The Labute approximate surface area is 311 Å². The SMILES string of the molecule is CC(=O)Oc1cc(CO)c2c(c1/C=C\c1ccccc1)C(=O)c1cc(O[C@H]3O[C@@H](C)[C@@H](O)[C@@H](O)[C@H]3OCCN=C(N)N)c(C3CCNCC3)c(O)c1C2=O. The number of hydrogen-bond donors (Lipinski definition) is 7. The van der Waals surface area contributed by atoms with Crippen LogP contribution < -0.4 is 26.3 Å². The molecule has 3 aromatic carbocycles. The van der Waals surface area contributed by atoms with Crippen LogP contribution in [0.5, 0.6) is 17.2 Å². The smallest absolute Gasteiger partial charge is 0.308 e. The van der Waals surface area contributed by atoms with E-state index in [4.69, 9.17) is 30.4 Å². The summed E-state index contributed by atoms with van der Waals surface area (Å²) in [6.07, 6.45) is -2.03. The molecule has 6 rings (SSSR count). The first-order chi connectivity index (χ1) is 25.9. The number of esters is 1. The molecule has 2 saturated heterocycles. The molecule has 5 atom stereocenters. The number of aliphatic hydroxyl groups excluding tert-OH is 3. The minimum Gasteiger partial charge on any atom is -0.507 e. The maximum Gasteiger partial charge on any atom is 0.308 e. The van der Waals surface area contributed by atoms with Gasteiger partial charge >= 0.3 is 5.97 Å². The standard InChI is InChI=1S/C39H44N4O11/c1-19-32(46)36(50)37(51-15-14-43-39(40)41)38(52-19)54-27-17-25-31(34(48)28(27)22-10-12-42-13-11-22)35(49)29-23(18-44)16-26(53-20(2)45)24(30(29)33(25)47)9-8-21-6-4-3-5-7-21/h3-9,16-17,19,22,32,36-38,42,44,46,48,50H,10-15,18H2,1-2H3,(H4,40,41,43)/b9-8-/t19-,32+,36+,37+,38+/m0/s1. The highest BCUT2D eigenvalue weighted by molar-refractivity contribution is 6.31. The monoisotopic (exact) mass is 744 g/mol. The summed E-state index contributed by atoms with van der Waals surface area (Å²) in [4.78, 5) is 45.5. The molecule has 2 fully saturated rings. The molecule has 15 nitrogen and oxygen atoms in total. The van der Waals surface area contributed by atoms with Crippen LogP contribution in [0.1, 0.15) is 86.7 Å². The van der Waals surface area contributed by atoms with Gasteiger partial charge in [-0.3, -0.25) is 19.4 Å². The third kappa shape index (κ3) is 7.73. The Kier molecular flexibility index (Phi) is 11.8. The summed E-state index contributed by atoms with van der Waals surface area (Å²) in [6.45, 7) is 3.21. The van der Waals surface area contributed by atoms with Gasteiger partial charge in [0.05, 0.1) is 31.4 Å². The summed E-state index contributed by atoms with van der Waals surface area (Å²) < 4.78 is 23.8. The van der Waals surface area contributed by atoms with E-state index < -0.39 is 60.6 Å². The van der Waals surface area contributed by atoms with Gasteiger partial charge in [-0.1, -0.05) is 36.4 Å². The van der Waals surface area contributed by atoms with Crippen molar-refractivity contribution in [3.05, 3.63) is 87.0 Å². The zero-order chi connectivity index (χ0) is 38.7. The molecule has 9 N–H and O–H groups in total. The zero-order valence-corrected chi connectivity index (χ0v) is 29.9. The molecule has 0 aromatic heterocycles. The maximum absolute atomic E-state index is 14.8. The van der Waals surface area contributed by atoms with Crippen LogP contribution in [0.3, 0.4) is 0 Å². The number of piperidine rings is 1. The Hall–Kier alpha value is -5.16. The normalized spacial score (nSPS) is 22.8. The van der Waals surface area contributed by atoms with E-state index >= 15 is 0 Å². The number of benzene rings is 3. The second-order valence-corrected chi connectivity index (χ2v) is 13.4. The fourth-order valence-electron chi connectivity index (χ4n) is 7.19. The molecule has 0 radical (unpaired) electrons. The van der Waals surface area contributed by atoms with Crippen LogP contribution in [0, 0.1) is 0 Å². The van der Waals surface area contributed by atoms with E-state index in [1.807, 2.05) is 30.3 Å². The number of nitrogens with one attached hydrogen (secondary N) is 1. The second-order valence-electron chi connectivity index (χ2n) is 13.4. The highest BCUT2D eigenvalue weighted by Gasteiger charge is 2.46. The van der Waals surface area contributed by atoms with E-state index in [1.165, 1.54) is 19.1 Å². The van der Waals surface area contributed by atoms with Gasteiger partial charge in [0.2, 0.25) is 6.29 Å². The van der Waals surface area contributed by atoms with Gasteiger partial charge in [-0.2, -0.15) is 0 Å². The molecular weight excluding hydrogens is 700 g/mol. The number of nitrogens with two attached hydrogens (primary N) is 2. The number of carbonyl (C=O) groups is 3. The number of rotatable bonds is 11. The molecular formula is C39H44N4O11. The Morgan fingerprint density at radius 1 is 1.00 bits per heavy atom. The number of hydrogen-bond acceptors (Lipinski definition) is 13. The number of aromatic hydroxyl groups is 1. The van der Waals surface area contributed by atoms with Gasteiger partial charge in [-0.05, 0) is 68.1 Å². The number of guanidine groups is 1. The summed E-state index contributed by atoms with van der Waals surface area (Å²) in [5.41, 5.74) is 11.3. The van der Waals surface area contributed by atoms with Crippen LogP contribution in [-0.2, 0) is 20.9 Å². The van der Waals surface area contributed by atoms with Crippen molar-refractivity contribution in [1.29, 1.82) is 0 Å². The lowest BCUT2D eigenvalue weighted by molar-refractivity contribution is -0.278. The summed E-state index contributed by atoms with van der Waals surface area (Å²) in [5.74, 6) is -3.12. The number of aliphatic hydroxyl groups is 3. The molecule has 3 aliphatic rings. The molecule has 0 spiro atoms. The Bertz CT molecular complexity index is 1970. The minimum absolute atomic E-state index is 0.00117. The number of phenolic OH excluding ortho intramolecular Hbond substituents is 1. The Morgan fingerprint density at radius 3 is 2.39 bits per heavy atom. The van der Waals surface area contributed by atoms with E-state index in [-0.39, 0.29) is 75.5 Å². The first-order valence-electron chi connectivity index (χ1n) is 17.7. The number of carbonyl (C=O) groups excluding carboxylic acids is 3. The van der Waals surface area contributed by atoms with Crippen LogP contribution in [-0.4, -0.2) is 101 Å². The van der Waals surface area contributed by atoms with Crippen LogP contribution in [0.4, 0.5) is 0 Å². The van der Waals surface area contributed by atoms with Gasteiger partial charge in [0, 0.05) is 34.7 Å². The summed E-state index contributed by atoms with van der Waals surface area (Å²) in [7, 11) is 0. The molecule has 3 aromatic rings. The number of ketones is 2. The average Bonchev–Trinajstić information content (AvgIpc) is 3.15. The van der Waals surface area contributed by atoms with Gasteiger partial charge in [-0.25, -0.2) is 0 Å². The van der Waals surface area contributed by atoms with E-state index in [1.54, 1.807) is 19.1 Å². The fraction of sp³-hybridized carbons (Fsp3) is 0.385. The second kappa shape index (κ2) is 16.5. The van der Waals surface area contributed by atoms with Gasteiger partial charge in [0.1, 0.15) is 35.6 Å². The van der Waals surface area contributed by atoms with Crippen LogP contribution in [0.15, 0.2) is 47.5 Å². The van der Waals surface area contributed by atoms with Crippen molar-refractivity contribution < 1.29 is 53.8 Å². The van der Waals surface area contributed by atoms with Crippen molar-refractivity contribution in [2.75, 3.05) is 26.2 Å². The Balaban J connectivity index is 1.51. The largest absolute Gasteiger partial charge is 0.507 e. The quantitative estimate of drug-likeness (QED) is 0.0289. The van der Waals surface area contributed by atoms with Gasteiger partial charge in [0.15, 0.2) is 17.5 Å². The number of aliphatic imine (C=N–C) groups is 1. The summed E-state index contributed by atoms with van der Waals surface area (Å²) in [6, 6.07) is 11.8. The number of fused-ring (bicyclic) bond motifs is 2. The molecule has 54 heavy (non-hydrogen) atoms. The van der Waals surface area contributed by atoms with Gasteiger partial charge in [0.25, 0.3) is 0 Å². The van der Waals surface area contributed by atoms with E-state index in [0.29, 0.717) is 25.9 Å². The topological polar surface area (TPSA) is 245 Å². The van der Waals surface area contributed by atoms with Crippen LogP contribution >= 0.6 is 0 Å². The predicted octanol–water partition coefficient (Wildman–Crippen LogP) is 1.73. The number of nitrogens with zero attached hydrogens (tertiary/aromatic N) is 1. The maximum atomic E-state index is 14.8. The zero-order valence-electron chi connectivity index (χ0n) is 29.9. The summed E-state index contributed by atoms with van der Waals surface area (Å²) >= 11 is 0. The minimum atomic E-state index is -1.47. The number of phenols is 1. The average molecular weight is 745 g/mol. The summed E-state index contributed by atoms with van der Waals surface area (Å²) in [5, 5.41) is 47.6. The predicted molar refractivity (Wildman–Crippen MR) is 196 cm³/mol. The van der Waals surface area contributed by atoms with E-state index in [9.17, 15) is 34.8 Å². The van der Waals surface area contributed by atoms with Crippen molar-refractivity contribution in [3.8, 4) is 17.2 Å². The molecule has 0 amide bonds. The molecule has 0 saturated carbocycles. The molecule has 1 aliphatic carbocycles. The first kappa shape index (κ1) is 38.6. The van der Waals surface area contributed by atoms with Crippen molar-refractivity contribution in [2.45, 2.75) is 69.9 Å². The van der Waals surface area contributed by atoms with E-state index in [0.717, 1.165) is 5.56 Å². The van der Waals surface area contributed by atoms with Crippen molar-refractivity contribution in [1.82, 2.24) is 5.32 Å². The molecule has 0 bridgehead atoms. The van der Waals surface area contributed by atoms with Crippen molar-refractivity contribution in [2.24, 2.45) is 16.5 Å². The molecule has 286 valence electrons. The lowest BCUT2D eigenvalue weighted by Gasteiger charge is -2.41. The van der Waals surface area contributed by atoms with Crippen LogP contribution in [0.25, 0.3) is 12.2 Å². The van der Waals surface area contributed by atoms with Crippen molar-refractivity contribution >= 4 is 35.6 Å². The molecule has 0 unspecified atom stereocenters. The lowest BCUT2D eigenvalue weighted by atomic mass is 9.76.